The van der Waals surface area contributed by atoms with Gasteiger partial charge in [0.15, 0.2) is 0 Å². The molecular weight excluding hydrogens is 182 g/mol. The van der Waals surface area contributed by atoms with Gasteiger partial charge in [0.25, 0.3) is 0 Å². The summed E-state index contributed by atoms with van der Waals surface area (Å²) in [4.78, 5) is 10.9. The van der Waals surface area contributed by atoms with Crippen molar-refractivity contribution >= 4 is 11.8 Å². The van der Waals surface area contributed by atoms with Gasteiger partial charge in [0.1, 0.15) is 11.9 Å². The fourth-order valence-electron chi connectivity index (χ4n) is 1.16. The van der Waals surface area contributed by atoms with Gasteiger partial charge in [-0.1, -0.05) is 13.8 Å². The van der Waals surface area contributed by atoms with Crippen molar-refractivity contribution in [2.24, 2.45) is 13.0 Å². The van der Waals surface area contributed by atoms with E-state index in [9.17, 15) is 4.79 Å². The molecule has 1 aromatic heterocycles. The van der Waals surface area contributed by atoms with E-state index in [1.165, 1.54) is 0 Å². The zero-order valence-electron chi connectivity index (χ0n) is 8.56. The maximum atomic E-state index is 10.9. The fourth-order valence-corrected chi connectivity index (χ4v) is 1.16. The molecule has 1 atom stereocenters. The van der Waals surface area contributed by atoms with Crippen molar-refractivity contribution in [1.29, 1.82) is 0 Å². The van der Waals surface area contributed by atoms with Crippen LogP contribution in [0.2, 0.25) is 0 Å². The monoisotopic (exact) mass is 197 g/mol. The van der Waals surface area contributed by atoms with Crippen LogP contribution in [-0.4, -0.2) is 26.9 Å². The van der Waals surface area contributed by atoms with Gasteiger partial charge in [-0.2, -0.15) is 5.10 Å². The van der Waals surface area contributed by atoms with E-state index in [4.69, 9.17) is 5.11 Å². The van der Waals surface area contributed by atoms with Crippen LogP contribution in [0.1, 0.15) is 13.8 Å². The molecule has 0 aliphatic carbocycles. The Balaban J connectivity index is 2.69. The van der Waals surface area contributed by atoms with E-state index in [1.54, 1.807) is 24.0 Å². The standard InChI is InChI=1S/C9H15N3O2/c1-6(2)8(9(13)14)10-7-4-5-12(3)11-7/h4-6,8H,1-3H3,(H,10,11)(H,13,14). The van der Waals surface area contributed by atoms with Crippen LogP contribution in [0.3, 0.4) is 0 Å². The van der Waals surface area contributed by atoms with Crippen molar-refractivity contribution in [2.75, 3.05) is 5.32 Å². The predicted octanol–water partition coefficient (Wildman–Crippen LogP) is 0.941. The summed E-state index contributed by atoms with van der Waals surface area (Å²) in [5, 5.41) is 15.8. The molecule has 78 valence electrons. The first kappa shape index (κ1) is 10.6. The van der Waals surface area contributed by atoms with E-state index in [0.717, 1.165) is 0 Å². The zero-order valence-corrected chi connectivity index (χ0v) is 8.56. The number of nitrogens with zero attached hydrogens (tertiary/aromatic N) is 2. The second-order valence-corrected chi connectivity index (χ2v) is 3.58. The Morgan fingerprint density at radius 1 is 1.64 bits per heavy atom. The summed E-state index contributed by atoms with van der Waals surface area (Å²) in [6.45, 7) is 3.71. The molecule has 0 radical (unpaired) electrons. The molecule has 1 unspecified atom stereocenters. The van der Waals surface area contributed by atoms with E-state index in [1.807, 2.05) is 13.8 Å². The van der Waals surface area contributed by atoms with Crippen molar-refractivity contribution in [3.05, 3.63) is 12.3 Å². The van der Waals surface area contributed by atoms with Gasteiger partial charge in [-0.3, -0.25) is 4.68 Å². The maximum Gasteiger partial charge on any atom is 0.326 e. The first-order valence-electron chi connectivity index (χ1n) is 4.49. The summed E-state index contributed by atoms with van der Waals surface area (Å²) in [6, 6.07) is 1.16. The molecule has 1 aromatic rings. The molecule has 0 saturated heterocycles. The van der Waals surface area contributed by atoms with E-state index in [-0.39, 0.29) is 5.92 Å². The number of carbonyl (C=O) groups is 1. The quantitative estimate of drug-likeness (QED) is 0.753. The van der Waals surface area contributed by atoms with E-state index in [0.29, 0.717) is 5.82 Å². The molecule has 5 heteroatoms. The van der Waals surface area contributed by atoms with E-state index in [2.05, 4.69) is 10.4 Å². The lowest BCUT2D eigenvalue weighted by Crippen LogP contribution is -2.34. The van der Waals surface area contributed by atoms with Crippen LogP contribution in [0.4, 0.5) is 5.82 Å². The average Bonchev–Trinajstić information content (AvgIpc) is 2.46. The smallest absolute Gasteiger partial charge is 0.326 e. The summed E-state index contributed by atoms with van der Waals surface area (Å²) in [7, 11) is 1.79. The predicted molar refractivity (Wildman–Crippen MR) is 53.1 cm³/mol. The number of aromatic nitrogens is 2. The van der Waals surface area contributed by atoms with E-state index < -0.39 is 12.0 Å². The number of carboxylic acid groups (broad SMARTS) is 1. The SMILES string of the molecule is CC(C)C(Nc1ccn(C)n1)C(=O)O. The Morgan fingerprint density at radius 2 is 2.29 bits per heavy atom. The van der Waals surface area contributed by atoms with Crippen molar-refractivity contribution in [3.8, 4) is 0 Å². The molecule has 0 bridgehead atoms. The number of rotatable bonds is 4. The fraction of sp³-hybridized carbons (Fsp3) is 0.556. The third-order valence-corrected chi connectivity index (χ3v) is 1.95. The molecule has 0 aliphatic heterocycles. The Labute approximate surface area is 82.7 Å². The van der Waals surface area contributed by atoms with Gasteiger partial charge < -0.3 is 10.4 Å². The summed E-state index contributed by atoms with van der Waals surface area (Å²) in [5.74, 6) is -0.242. The molecular formula is C9H15N3O2. The number of aryl methyl sites for hydroxylation is 1. The highest BCUT2D eigenvalue weighted by molar-refractivity contribution is 5.77. The lowest BCUT2D eigenvalue weighted by atomic mass is 10.1. The average molecular weight is 197 g/mol. The number of carboxylic acids is 1. The van der Waals surface area contributed by atoms with Gasteiger partial charge in [0.05, 0.1) is 0 Å². The summed E-state index contributed by atoms with van der Waals surface area (Å²) in [6.07, 6.45) is 1.77. The van der Waals surface area contributed by atoms with Gasteiger partial charge in [0, 0.05) is 19.3 Å². The second-order valence-electron chi connectivity index (χ2n) is 3.58. The zero-order chi connectivity index (χ0) is 10.7. The number of anilines is 1. The Hall–Kier alpha value is -1.52. The van der Waals surface area contributed by atoms with Crippen LogP contribution in [-0.2, 0) is 11.8 Å². The van der Waals surface area contributed by atoms with Crippen molar-refractivity contribution in [3.63, 3.8) is 0 Å². The third kappa shape index (κ3) is 2.48. The first-order chi connectivity index (χ1) is 6.50. The van der Waals surface area contributed by atoms with Crippen molar-refractivity contribution in [2.45, 2.75) is 19.9 Å². The van der Waals surface area contributed by atoms with Gasteiger partial charge in [0.2, 0.25) is 0 Å². The highest BCUT2D eigenvalue weighted by atomic mass is 16.4. The minimum Gasteiger partial charge on any atom is -0.480 e. The Kier molecular flexibility index (Phi) is 3.11. The largest absolute Gasteiger partial charge is 0.480 e. The maximum absolute atomic E-state index is 10.9. The van der Waals surface area contributed by atoms with Crippen molar-refractivity contribution in [1.82, 2.24) is 9.78 Å². The van der Waals surface area contributed by atoms with Crippen LogP contribution >= 0.6 is 0 Å². The van der Waals surface area contributed by atoms with E-state index >= 15 is 0 Å². The highest BCUT2D eigenvalue weighted by Crippen LogP contribution is 2.10. The number of hydrogen-bond acceptors (Lipinski definition) is 3. The topological polar surface area (TPSA) is 67.2 Å². The minimum atomic E-state index is -0.856. The van der Waals surface area contributed by atoms with Gasteiger partial charge in [-0.25, -0.2) is 4.79 Å². The molecule has 0 amide bonds. The molecule has 1 heterocycles. The van der Waals surface area contributed by atoms with Crippen molar-refractivity contribution < 1.29 is 9.90 Å². The van der Waals surface area contributed by atoms with Gasteiger partial charge in [-0.05, 0) is 5.92 Å². The summed E-state index contributed by atoms with van der Waals surface area (Å²) >= 11 is 0. The van der Waals surface area contributed by atoms with Crippen LogP contribution < -0.4 is 5.32 Å². The van der Waals surface area contributed by atoms with Crippen LogP contribution in [0.15, 0.2) is 12.3 Å². The molecule has 0 spiro atoms. The molecule has 0 aromatic carbocycles. The normalized spacial score (nSPS) is 12.9. The van der Waals surface area contributed by atoms with Crippen LogP contribution in [0, 0.1) is 5.92 Å². The highest BCUT2D eigenvalue weighted by Gasteiger charge is 2.21. The number of nitrogens with one attached hydrogen (secondary N) is 1. The second kappa shape index (κ2) is 4.13. The Morgan fingerprint density at radius 3 is 2.64 bits per heavy atom. The molecule has 5 nitrogen and oxygen atoms in total. The number of aliphatic carboxylic acids is 1. The van der Waals surface area contributed by atoms with Crippen LogP contribution in [0.5, 0.6) is 0 Å². The van der Waals surface area contributed by atoms with Gasteiger partial charge in [-0.15, -0.1) is 0 Å². The molecule has 0 aliphatic rings. The molecule has 1 rings (SSSR count). The lowest BCUT2D eigenvalue weighted by molar-refractivity contribution is -0.138. The Bertz CT molecular complexity index is 320. The minimum absolute atomic E-state index is 0.0227. The number of hydrogen-bond donors (Lipinski definition) is 2. The molecule has 2 N–H and O–H groups in total. The van der Waals surface area contributed by atoms with Gasteiger partial charge >= 0.3 is 5.97 Å². The molecule has 0 fully saturated rings. The summed E-state index contributed by atoms with van der Waals surface area (Å²) in [5.41, 5.74) is 0. The lowest BCUT2D eigenvalue weighted by Gasteiger charge is -2.17. The summed E-state index contributed by atoms with van der Waals surface area (Å²) < 4.78 is 1.63. The first-order valence-corrected chi connectivity index (χ1v) is 4.49. The molecule has 14 heavy (non-hydrogen) atoms. The van der Waals surface area contributed by atoms with Crippen LogP contribution in [0.25, 0.3) is 0 Å². The molecule has 0 saturated carbocycles. The third-order valence-electron chi connectivity index (χ3n) is 1.95.